The average Bonchev–Trinajstić information content (AvgIpc) is 2.36. The normalized spacial score (nSPS) is 11.0. The van der Waals surface area contributed by atoms with E-state index in [2.05, 4.69) is 10.1 Å². The van der Waals surface area contributed by atoms with Crippen LogP contribution < -0.4 is 15.2 Å². The zero-order chi connectivity index (χ0) is 15.3. The number of carbonyl (C=O) groups excluding carboxylic acids is 1. The molecule has 0 aliphatic rings. The first-order valence-corrected chi connectivity index (χ1v) is 7.39. The van der Waals surface area contributed by atoms with Crippen molar-refractivity contribution in [3.63, 3.8) is 0 Å². The monoisotopic (exact) mass is 302 g/mol. The Bertz CT molecular complexity index is 598. The van der Waals surface area contributed by atoms with Crippen molar-refractivity contribution < 1.29 is 22.7 Å². The SMILES string of the molecule is COC(=O)NCCOc1cc(C)c(S(N)(=O)=O)cc1C. The van der Waals surface area contributed by atoms with Crippen molar-refractivity contribution >= 4 is 16.1 Å². The van der Waals surface area contributed by atoms with E-state index in [1.807, 2.05) is 0 Å². The Morgan fingerprint density at radius 2 is 1.95 bits per heavy atom. The van der Waals surface area contributed by atoms with Crippen molar-refractivity contribution in [1.82, 2.24) is 5.32 Å². The predicted octanol–water partition coefficient (Wildman–Crippen LogP) is 0.686. The van der Waals surface area contributed by atoms with Crippen LogP contribution >= 0.6 is 0 Å². The molecule has 3 N–H and O–H groups in total. The standard InChI is InChI=1S/C12H18N2O5S/c1-8-7-11(20(13,16)17)9(2)6-10(8)19-5-4-14-12(15)18-3/h6-7H,4-5H2,1-3H3,(H,14,15)(H2,13,16,17). The lowest BCUT2D eigenvalue weighted by Crippen LogP contribution is -2.27. The molecule has 0 radical (unpaired) electrons. The predicted molar refractivity (Wildman–Crippen MR) is 73.2 cm³/mol. The molecule has 0 spiro atoms. The summed E-state index contributed by atoms with van der Waals surface area (Å²) in [7, 11) is -2.47. The fourth-order valence-corrected chi connectivity index (χ4v) is 2.46. The number of hydrogen-bond donors (Lipinski definition) is 2. The van der Waals surface area contributed by atoms with Gasteiger partial charge in [-0.15, -0.1) is 0 Å². The summed E-state index contributed by atoms with van der Waals surface area (Å²) in [6.45, 7) is 3.88. The van der Waals surface area contributed by atoms with Crippen molar-refractivity contribution in [2.45, 2.75) is 18.7 Å². The lowest BCUT2D eigenvalue weighted by Gasteiger charge is -2.12. The Kier molecular flexibility index (Phi) is 5.34. The number of ether oxygens (including phenoxy) is 2. The van der Waals surface area contributed by atoms with Gasteiger partial charge in [-0.25, -0.2) is 18.4 Å². The Labute approximate surface area is 118 Å². The first-order valence-electron chi connectivity index (χ1n) is 5.84. The molecule has 8 heteroatoms. The smallest absolute Gasteiger partial charge is 0.406 e. The lowest BCUT2D eigenvalue weighted by molar-refractivity contribution is 0.168. The molecule has 112 valence electrons. The lowest BCUT2D eigenvalue weighted by atomic mass is 10.1. The highest BCUT2D eigenvalue weighted by Gasteiger charge is 2.14. The minimum atomic E-state index is -3.74. The fraction of sp³-hybridized carbons (Fsp3) is 0.417. The second-order valence-corrected chi connectivity index (χ2v) is 5.72. The highest BCUT2D eigenvalue weighted by atomic mass is 32.2. The molecule has 0 heterocycles. The zero-order valence-corrected chi connectivity index (χ0v) is 12.4. The summed E-state index contributed by atoms with van der Waals surface area (Å²) in [6, 6.07) is 3.07. The number of aryl methyl sites for hydroxylation is 2. The number of alkyl carbamates (subject to hydrolysis) is 1. The number of primary sulfonamides is 1. The van der Waals surface area contributed by atoms with Crippen molar-refractivity contribution in [2.24, 2.45) is 5.14 Å². The summed E-state index contributed by atoms with van der Waals surface area (Å²) in [6.07, 6.45) is -0.536. The highest BCUT2D eigenvalue weighted by Crippen LogP contribution is 2.25. The maximum Gasteiger partial charge on any atom is 0.406 e. The molecule has 0 aromatic heterocycles. The molecule has 0 aliphatic carbocycles. The van der Waals surface area contributed by atoms with Crippen LogP contribution in [0, 0.1) is 13.8 Å². The molecule has 0 fully saturated rings. The van der Waals surface area contributed by atoms with Crippen LogP contribution in [0.3, 0.4) is 0 Å². The second kappa shape index (κ2) is 6.58. The largest absolute Gasteiger partial charge is 0.491 e. The Balaban J connectivity index is 2.74. The number of methoxy groups -OCH3 is 1. The molecule has 0 atom stereocenters. The molecule has 7 nitrogen and oxygen atoms in total. The van der Waals surface area contributed by atoms with Gasteiger partial charge in [0.15, 0.2) is 0 Å². The fourth-order valence-electron chi connectivity index (χ4n) is 1.61. The maximum atomic E-state index is 11.4. The molecular formula is C12H18N2O5S. The third kappa shape index (κ3) is 4.39. The van der Waals surface area contributed by atoms with Crippen LogP contribution in [0.2, 0.25) is 0 Å². The van der Waals surface area contributed by atoms with Gasteiger partial charge in [-0.3, -0.25) is 0 Å². The van der Waals surface area contributed by atoms with Crippen molar-refractivity contribution in [3.05, 3.63) is 23.3 Å². The first kappa shape index (κ1) is 16.3. The molecule has 1 rings (SSSR count). The summed E-state index contributed by atoms with van der Waals surface area (Å²) in [4.78, 5) is 10.9. The molecule has 0 bridgehead atoms. The summed E-state index contributed by atoms with van der Waals surface area (Å²) >= 11 is 0. The number of nitrogens with one attached hydrogen (secondary N) is 1. The van der Waals surface area contributed by atoms with Gasteiger partial charge < -0.3 is 14.8 Å². The first-order chi connectivity index (χ1) is 9.25. The summed E-state index contributed by atoms with van der Waals surface area (Å²) in [5.41, 5.74) is 1.16. The van der Waals surface area contributed by atoms with Gasteiger partial charge in [-0.05, 0) is 37.1 Å². The van der Waals surface area contributed by atoms with E-state index in [-0.39, 0.29) is 18.0 Å². The number of amides is 1. The molecule has 0 saturated carbocycles. The average molecular weight is 302 g/mol. The summed E-state index contributed by atoms with van der Waals surface area (Å²) < 4.78 is 32.6. The quantitative estimate of drug-likeness (QED) is 0.778. The molecule has 1 amide bonds. The van der Waals surface area contributed by atoms with Gasteiger partial charge in [0.2, 0.25) is 10.0 Å². The van der Waals surface area contributed by atoms with Crippen LogP contribution in [0.5, 0.6) is 5.75 Å². The second-order valence-electron chi connectivity index (χ2n) is 4.20. The molecule has 1 aromatic rings. The van der Waals surface area contributed by atoms with Gasteiger partial charge in [0.1, 0.15) is 12.4 Å². The van der Waals surface area contributed by atoms with Crippen molar-refractivity contribution in [2.75, 3.05) is 20.3 Å². The number of sulfonamides is 1. The van der Waals surface area contributed by atoms with Crippen LogP contribution in [-0.4, -0.2) is 34.8 Å². The van der Waals surface area contributed by atoms with Gasteiger partial charge in [0.05, 0.1) is 18.6 Å². The summed E-state index contributed by atoms with van der Waals surface area (Å²) in [5.74, 6) is 0.543. The van der Waals surface area contributed by atoms with Gasteiger partial charge in [-0.1, -0.05) is 0 Å². The molecule has 0 unspecified atom stereocenters. The van der Waals surface area contributed by atoms with Gasteiger partial charge in [0, 0.05) is 0 Å². The van der Waals surface area contributed by atoms with Gasteiger partial charge in [0.25, 0.3) is 0 Å². The summed E-state index contributed by atoms with van der Waals surface area (Å²) in [5, 5.41) is 7.59. The minimum absolute atomic E-state index is 0.0787. The van der Waals surface area contributed by atoms with Crippen molar-refractivity contribution in [1.29, 1.82) is 0 Å². The number of rotatable bonds is 5. The Hall–Kier alpha value is -1.80. The molecular weight excluding hydrogens is 284 g/mol. The van der Waals surface area contributed by atoms with E-state index in [1.165, 1.54) is 13.2 Å². The van der Waals surface area contributed by atoms with E-state index in [1.54, 1.807) is 19.9 Å². The number of nitrogens with two attached hydrogens (primary N) is 1. The number of carbonyl (C=O) groups is 1. The van der Waals surface area contributed by atoms with Crippen LogP contribution in [0.15, 0.2) is 17.0 Å². The third-order valence-corrected chi connectivity index (χ3v) is 3.65. The Morgan fingerprint density at radius 1 is 1.30 bits per heavy atom. The van der Waals surface area contributed by atoms with Crippen molar-refractivity contribution in [3.8, 4) is 5.75 Å². The third-order valence-electron chi connectivity index (χ3n) is 2.59. The van der Waals surface area contributed by atoms with Crippen LogP contribution in [0.25, 0.3) is 0 Å². The van der Waals surface area contributed by atoms with Crippen LogP contribution in [-0.2, 0) is 14.8 Å². The van der Waals surface area contributed by atoms with E-state index in [4.69, 9.17) is 9.88 Å². The van der Waals surface area contributed by atoms with Crippen LogP contribution in [0.1, 0.15) is 11.1 Å². The van der Waals surface area contributed by atoms with Gasteiger partial charge in [-0.2, -0.15) is 0 Å². The minimum Gasteiger partial charge on any atom is -0.491 e. The maximum absolute atomic E-state index is 11.4. The van der Waals surface area contributed by atoms with E-state index >= 15 is 0 Å². The molecule has 20 heavy (non-hydrogen) atoms. The molecule has 0 aliphatic heterocycles. The van der Waals surface area contributed by atoms with E-state index in [9.17, 15) is 13.2 Å². The van der Waals surface area contributed by atoms with E-state index < -0.39 is 16.1 Å². The highest BCUT2D eigenvalue weighted by molar-refractivity contribution is 7.89. The topological polar surface area (TPSA) is 108 Å². The number of benzene rings is 1. The Morgan fingerprint density at radius 3 is 2.50 bits per heavy atom. The van der Waals surface area contributed by atoms with Crippen LogP contribution in [0.4, 0.5) is 4.79 Å². The van der Waals surface area contributed by atoms with Gasteiger partial charge >= 0.3 is 6.09 Å². The number of hydrogen-bond acceptors (Lipinski definition) is 5. The zero-order valence-electron chi connectivity index (χ0n) is 11.6. The van der Waals surface area contributed by atoms with E-state index in [0.717, 1.165) is 0 Å². The molecule has 1 aromatic carbocycles. The molecule has 0 saturated heterocycles. The van der Waals surface area contributed by atoms with E-state index in [0.29, 0.717) is 16.9 Å².